The summed E-state index contributed by atoms with van der Waals surface area (Å²) < 4.78 is 37.7. The molecule has 2 aliphatic rings. The average Bonchev–Trinajstić information content (AvgIpc) is 3.27. The van der Waals surface area contributed by atoms with E-state index in [0.29, 0.717) is 45.0 Å². The maximum Gasteiger partial charge on any atom is 0.251 e. The van der Waals surface area contributed by atoms with Crippen LogP contribution < -0.4 is 10.1 Å². The zero-order chi connectivity index (χ0) is 22.7. The summed E-state index contributed by atoms with van der Waals surface area (Å²) in [4.78, 5) is 15.0. The van der Waals surface area contributed by atoms with Crippen molar-refractivity contribution in [3.05, 3.63) is 59.2 Å². The Morgan fingerprint density at radius 1 is 1.09 bits per heavy atom. The van der Waals surface area contributed by atoms with E-state index in [-0.39, 0.29) is 16.8 Å². The standard InChI is InChI=1S/C23H29N3O5S/c1-25(2)21(18-5-8-22-19(15-18)9-12-31-22)16-24-23(27)17-3-6-20(7-4-17)32(28,29)26-10-13-30-14-11-26/h3-8,15,21H,9-14,16H2,1-2H3,(H,24,27). The van der Waals surface area contributed by atoms with Crippen LogP contribution in [0.4, 0.5) is 0 Å². The molecular weight excluding hydrogens is 430 g/mol. The highest BCUT2D eigenvalue weighted by Crippen LogP contribution is 2.29. The van der Waals surface area contributed by atoms with Gasteiger partial charge in [-0.05, 0) is 55.6 Å². The van der Waals surface area contributed by atoms with Gasteiger partial charge in [-0.25, -0.2) is 8.42 Å². The van der Waals surface area contributed by atoms with Gasteiger partial charge < -0.3 is 19.7 Å². The smallest absolute Gasteiger partial charge is 0.251 e. The second kappa shape index (κ2) is 9.58. The van der Waals surface area contributed by atoms with Gasteiger partial charge in [0.05, 0.1) is 30.8 Å². The molecule has 1 atom stereocenters. The van der Waals surface area contributed by atoms with Crippen molar-refractivity contribution in [3.8, 4) is 5.75 Å². The number of rotatable bonds is 7. The van der Waals surface area contributed by atoms with Crippen LogP contribution in [-0.4, -0.2) is 77.1 Å². The van der Waals surface area contributed by atoms with Crippen LogP contribution in [0.3, 0.4) is 0 Å². The summed E-state index contributed by atoms with van der Waals surface area (Å²) in [6, 6.07) is 12.3. The predicted octanol–water partition coefficient (Wildman–Crippen LogP) is 1.68. The highest BCUT2D eigenvalue weighted by atomic mass is 32.2. The van der Waals surface area contributed by atoms with E-state index in [4.69, 9.17) is 9.47 Å². The van der Waals surface area contributed by atoms with Gasteiger partial charge in [0.1, 0.15) is 5.75 Å². The molecule has 0 bridgehead atoms. The molecule has 0 saturated carbocycles. The molecule has 2 heterocycles. The van der Waals surface area contributed by atoms with Crippen LogP contribution in [-0.2, 0) is 21.2 Å². The largest absolute Gasteiger partial charge is 0.493 e. The fourth-order valence-corrected chi connectivity index (χ4v) is 5.43. The molecule has 1 N–H and O–H groups in total. The number of sulfonamides is 1. The monoisotopic (exact) mass is 459 g/mol. The minimum Gasteiger partial charge on any atom is -0.493 e. The molecule has 8 nitrogen and oxygen atoms in total. The van der Waals surface area contributed by atoms with Crippen LogP contribution >= 0.6 is 0 Å². The fraction of sp³-hybridized carbons (Fsp3) is 0.435. The summed E-state index contributed by atoms with van der Waals surface area (Å²) in [5, 5.41) is 2.98. The van der Waals surface area contributed by atoms with Crippen molar-refractivity contribution in [1.82, 2.24) is 14.5 Å². The lowest BCUT2D eigenvalue weighted by Gasteiger charge is -2.26. The Kier molecular flexibility index (Phi) is 6.80. The van der Waals surface area contributed by atoms with Crippen molar-refractivity contribution in [2.24, 2.45) is 0 Å². The Hall–Kier alpha value is -2.46. The van der Waals surface area contributed by atoms with Crippen molar-refractivity contribution >= 4 is 15.9 Å². The zero-order valence-corrected chi connectivity index (χ0v) is 19.2. The number of morpholine rings is 1. The Morgan fingerprint density at radius 2 is 1.81 bits per heavy atom. The normalized spacial score (nSPS) is 17.6. The molecule has 1 unspecified atom stereocenters. The van der Waals surface area contributed by atoms with Gasteiger partial charge in [-0.3, -0.25) is 4.79 Å². The van der Waals surface area contributed by atoms with Crippen molar-refractivity contribution in [2.75, 3.05) is 53.6 Å². The molecule has 172 valence electrons. The highest BCUT2D eigenvalue weighted by Gasteiger charge is 2.26. The Labute approximate surface area is 189 Å². The number of hydrogen-bond acceptors (Lipinski definition) is 6. The topological polar surface area (TPSA) is 88.2 Å². The zero-order valence-electron chi connectivity index (χ0n) is 18.4. The maximum atomic E-state index is 12.8. The van der Waals surface area contributed by atoms with Crippen LogP contribution in [0, 0.1) is 0 Å². The van der Waals surface area contributed by atoms with E-state index in [1.165, 1.54) is 22.0 Å². The van der Waals surface area contributed by atoms with Crippen molar-refractivity contribution in [1.29, 1.82) is 0 Å². The number of benzene rings is 2. The Balaban J connectivity index is 1.41. The number of carbonyl (C=O) groups excluding carboxylic acids is 1. The SMILES string of the molecule is CN(C)C(CNC(=O)c1ccc(S(=O)(=O)N2CCOCC2)cc1)c1ccc2c(c1)CCO2. The third-order valence-electron chi connectivity index (χ3n) is 5.90. The average molecular weight is 460 g/mol. The molecule has 1 amide bonds. The van der Waals surface area contributed by atoms with Crippen molar-refractivity contribution < 1.29 is 22.7 Å². The van der Waals surface area contributed by atoms with Crippen molar-refractivity contribution in [3.63, 3.8) is 0 Å². The Bertz CT molecular complexity index is 1060. The molecule has 2 aliphatic heterocycles. The lowest BCUT2D eigenvalue weighted by Crippen LogP contribution is -2.40. The van der Waals surface area contributed by atoms with Gasteiger partial charge in [0.25, 0.3) is 5.91 Å². The summed E-state index contributed by atoms with van der Waals surface area (Å²) >= 11 is 0. The number of amides is 1. The van der Waals surface area contributed by atoms with E-state index in [0.717, 1.165) is 17.7 Å². The minimum atomic E-state index is -3.58. The lowest BCUT2D eigenvalue weighted by molar-refractivity contribution is 0.0730. The Morgan fingerprint density at radius 3 is 2.50 bits per heavy atom. The number of ether oxygens (including phenoxy) is 2. The van der Waals surface area contributed by atoms with Gasteiger partial charge in [-0.15, -0.1) is 0 Å². The first kappa shape index (κ1) is 22.7. The van der Waals surface area contributed by atoms with Gasteiger partial charge >= 0.3 is 0 Å². The molecule has 2 aromatic rings. The molecular formula is C23H29N3O5S. The lowest BCUT2D eigenvalue weighted by atomic mass is 10.0. The first-order valence-electron chi connectivity index (χ1n) is 10.7. The van der Waals surface area contributed by atoms with Gasteiger partial charge in [-0.2, -0.15) is 4.31 Å². The van der Waals surface area contributed by atoms with Crippen LogP contribution in [0.2, 0.25) is 0 Å². The molecule has 0 spiro atoms. The third kappa shape index (κ3) is 4.80. The van der Waals surface area contributed by atoms with E-state index in [2.05, 4.69) is 16.3 Å². The van der Waals surface area contributed by atoms with Crippen LogP contribution in [0.1, 0.15) is 27.5 Å². The van der Waals surface area contributed by atoms with Gasteiger partial charge in [0.2, 0.25) is 10.0 Å². The first-order chi connectivity index (χ1) is 15.4. The number of hydrogen-bond donors (Lipinski definition) is 1. The van der Waals surface area contributed by atoms with Crippen LogP contribution in [0.25, 0.3) is 0 Å². The number of nitrogens with zero attached hydrogens (tertiary/aromatic N) is 2. The summed E-state index contributed by atoms with van der Waals surface area (Å²) in [5.74, 6) is 0.694. The highest BCUT2D eigenvalue weighted by molar-refractivity contribution is 7.89. The number of likely N-dealkylation sites (N-methyl/N-ethyl adjacent to an activating group) is 1. The van der Waals surface area contributed by atoms with Gasteiger partial charge in [0, 0.05) is 31.6 Å². The molecule has 0 radical (unpaired) electrons. The molecule has 4 rings (SSSR count). The number of carbonyl (C=O) groups is 1. The first-order valence-corrected chi connectivity index (χ1v) is 12.2. The van der Waals surface area contributed by atoms with E-state index in [1.807, 2.05) is 26.2 Å². The second-order valence-corrected chi connectivity index (χ2v) is 10.1. The van der Waals surface area contributed by atoms with Crippen LogP contribution in [0.5, 0.6) is 5.75 Å². The molecule has 32 heavy (non-hydrogen) atoms. The third-order valence-corrected chi connectivity index (χ3v) is 7.81. The van der Waals surface area contributed by atoms with Gasteiger partial charge in [0.15, 0.2) is 0 Å². The summed E-state index contributed by atoms with van der Waals surface area (Å²) in [7, 11) is 0.378. The molecule has 0 aromatic heterocycles. The summed E-state index contributed by atoms with van der Waals surface area (Å²) in [6.07, 6.45) is 0.898. The molecule has 1 saturated heterocycles. The molecule has 0 aliphatic carbocycles. The quantitative estimate of drug-likeness (QED) is 0.678. The van der Waals surface area contributed by atoms with E-state index in [1.54, 1.807) is 12.1 Å². The molecule has 2 aromatic carbocycles. The van der Waals surface area contributed by atoms with Crippen LogP contribution in [0.15, 0.2) is 47.4 Å². The number of fused-ring (bicyclic) bond motifs is 1. The summed E-state index contributed by atoms with van der Waals surface area (Å²) in [6.45, 7) is 2.60. The predicted molar refractivity (Wildman–Crippen MR) is 120 cm³/mol. The van der Waals surface area contributed by atoms with E-state index in [9.17, 15) is 13.2 Å². The minimum absolute atomic E-state index is 0.00539. The fourth-order valence-electron chi connectivity index (χ4n) is 4.02. The van der Waals surface area contributed by atoms with E-state index >= 15 is 0 Å². The van der Waals surface area contributed by atoms with E-state index < -0.39 is 10.0 Å². The second-order valence-electron chi connectivity index (χ2n) is 8.20. The molecule has 9 heteroatoms. The molecule has 1 fully saturated rings. The van der Waals surface area contributed by atoms with Crippen molar-refractivity contribution in [2.45, 2.75) is 17.4 Å². The number of nitrogens with one attached hydrogen (secondary N) is 1. The summed E-state index contributed by atoms with van der Waals surface area (Å²) in [5.41, 5.74) is 2.73. The maximum absolute atomic E-state index is 12.8. The van der Waals surface area contributed by atoms with Gasteiger partial charge in [-0.1, -0.05) is 12.1 Å².